The number of nitrogens with zero attached hydrogens (tertiary/aromatic N) is 4. The van der Waals surface area contributed by atoms with Gasteiger partial charge in [0.05, 0.1) is 27.5 Å². The minimum Gasteiger partial charge on any atom is -0.362 e. The van der Waals surface area contributed by atoms with Gasteiger partial charge in [-0.3, -0.25) is 9.59 Å². The molecule has 1 aliphatic heterocycles. The van der Waals surface area contributed by atoms with Crippen LogP contribution in [0.5, 0.6) is 0 Å². The van der Waals surface area contributed by atoms with Gasteiger partial charge in [-0.25, -0.2) is 4.68 Å². The Hall–Kier alpha value is -3.79. The lowest BCUT2D eigenvalue weighted by Gasteiger charge is -2.11. The number of carbonyl (C=O) groups excluding carboxylic acids is 2. The Morgan fingerprint density at radius 1 is 1.03 bits per heavy atom. The number of para-hydroxylation sites is 1. The number of rotatable bonds is 6. The Balaban J connectivity index is 1.50. The van der Waals surface area contributed by atoms with Crippen molar-refractivity contribution in [3.63, 3.8) is 0 Å². The molecule has 9 nitrogen and oxygen atoms in total. The number of likely N-dealkylation sites (tertiary alicyclic amines) is 1. The molecule has 1 aromatic heterocycles. The fourth-order valence-electron chi connectivity index (χ4n) is 3.90. The van der Waals surface area contributed by atoms with E-state index in [2.05, 4.69) is 14.8 Å². The Morgan fingerprint density at radius 2 is 1.71 bits per heavy atom. The number of benzene rings is 2. The van der Waals surface area contributed by atoms with E-state index in [9.17, 15) is 18.0 Å². The molecule has 1 amide bonds. The third-order valence-corrected chi connectivity index (χ3v) is 7.01. The number of amidine groups is 1. The molecule has 0 aliphatic carbocycles. The van der Waals surface area contributed by atoms with Crippen LogP contribution in [0, 0.1) is 13.8 Å². The normalized spacial score (nSPS) is 15.0. The molecule has 0 radical (unpaired) electrons. The zero-order valence-corrected chi connectivity index (χ0v) is 20.0. The van der Waals surface area contributed by atoms with E-state index in [0.717, 1.165) is 18.7 Å². The Morgan fingerprint density at radius 3 is 2.32 bits per heavy atom. The standard InChI is InChI=1S/C24H25N5O4S/c1-16-22(17(2)29(26-16)19-8-5-4-6-9-19)23(30)24(31)25-18-11-13-20(14-12-18)34(32,33)27-21-10-7-15-28(21)3/h4-6,8-9,11-14H,7,10,15H2,1-3H3,(H,25,31)/b27-21+. The van der Waals surface area contributed by atoms with Crippen LogP contribution < -0.4 is 5.32 Å². The van der Waals surface area contributed by atoms with Crippen molar-refractivity contribution >= 4 is 33.2 Å². The molecule has 1 N–H and O–H groups in total. The first kappa shape index (κ1) is 23.4. The lowest BCUT2D eigenvalue weighted by atomic mass is 10.1. The highest BCUT2D eigenvalue weighted by Crippen LogP contribution is 2.21. The van der Waals surface area contributed by atoms with Crippen LogP contribution >= 0.6 is 0 Å². The third kappa shape index (κ3) is 4.62. The lowest BCUT2D eigenvalue weighted by Crippen LogP contribution is -2.24. The molecule has 0 unspecified atom stereocenters. The van der Waals surface area contributed by atoms with Crippen LogP contribution in [0.4, 0.5) is 5.69 Å². The predicted molar refractivity (Wildman–Crippen MR) is 129 cm³/mol. The zero-order chi connectivity index (χ0) is 24.5. The zero-order valence-electron chi connectivity index (χ0n) is 19.1. The summed E-state index contributed by atoms with van der Waals surface area (Å²) in [5.74, 6) is -1.02. The summed E-state index contributed by atoms with van der Waals surface area (Å²) in [4.78, 5) is 27.4. The van der Waals surface area contributed by atoms with E-state index in [-0.39, 0.29) is 10.5 Å². The van der Waals surface area contributed by atoms with Gasteiger partial charge in [-0.2, -0.15) is 13.5 Å². The molecule has 2 aromatic carbocycles. The molecule has 1 saturated heterocycles. The summed E-state index contributed by atoms with van der Waals surface area (Å²) < 4.78 is 30.7. The summed E-state index contributed by atoms with van der Waals surface area (Å²) in [6, 6.07) is 14.9. The monoisotopic (exact) mass is 479 g/mol. The van der Waals surface area contributed by atoms with Gasteiger partial charge in [0.1, 0.15) is 5.84 Å². The maximum atomic E-state index is 12.9. The number of aromatic nitrogens is 2. The van der Waals surface area contributed by atoms with Crippen LogP contribution in [0.25, 0.3) is 5.69 Å². The molecule has 0 saturated carbocycles. The summed E-state index contributed by atoms with van der Waals surface area (Å²) in [5.41, 5.74) is 2.32. The first-order chi connectivity index (χ1) is 16.2. The molecular formula is C24H25N5O4S. The molecule has 3 aromatic rings. The first-order valence-corrected chi connectivity index (χ1v) is 12.2. The number of sulfonamides is 1. The Bertz CT molecular complexity index is 1380. The van der Waals surface area contributed by atoms with Gasteiger partial charge in [-0.15, -0.1) is 4.40 Å². The number of anilines is 1. The van der Waals surface area contributed by atoms with Crippen molar-refractivity contribution in [1.29, 1.82) is 0 Å². The summed E-state index contributed by atoms with van der Waals surface area (Å²) in [7, 11) is -2.05. The van der Waals surface area contributed by atoms with Crippen molar-refractivity contribution in [3.8, 4) is 5.69 Å². The van der Waals surface area contributed by atoms with Crippen molar-refractivity contribution in [1.82, 2.24) is 14.7 Å². The molecule has 0 spiro atoms. The Kier molecular flexibility index (Phi) is 6.34. The summed E-state index contributed by atoms with van der Waals surface area (Å²) >= 11 is 0. The molecule has 4 rings (SSSR count). The van der Waals surface area contributed by atoms with Crippen molar-refractivity contribution < 1.29 is 18.0 Å². The number of nitrogens with one attached hydrogen (secondary N) is 1. The highest BCUT2D eigenvalue weighted by atomic mass is 32.2. The van der Waals surface area contributed by atoms with E-state index in [0.29, 0.717) is 29.3 Å². The van der Waals surface area contributed by atoms with E-state index in [1.165, 1.54) is 24.3 Å². The summed E-state index contributed by atoms with van der Waals surface area (Å²) in [6.07, 6.45) is 1.48. The summed E-state index contributed by atoms with van der Waals surface area (Å²) in [5, 5.41) is 6.95. The minimum atomic E-state index is -3.86. The lowest BCUT2D eigenvalue weighted by molar-refractivity contribution is -0.112. The average molecular weight is 480 g/mol. The second-order valence-electron chi connectivity index (χ2n) is 8.11. The quantitative estimate of drug-likeness (QED) is 0.429. The number of aryl methyl sites for hydroxylation is 1. The first-order valence-electron chi connectivity index (χ1n) is 10.8. The average Bonchev–Trinajstić information content (AvgIpc) is 3.35. The predicted octanol–water partition coefficient (Wildman–Crippen LogP) is 3.12. The van der Waals surface area contributed by atoms with Gasteiger partial charge in [0.2, 0.25) is 0 Å². The SMILES string of the molecule is Cc1nn(-c2ccccc2)c(C)c1C(=O)C(=O)Nc1ccc(S(=O)(=O)/N=C2\CCCN2C)cc1. The molecule has 2 heterocycles. The minimum absolute atomic E-state index is 0.0143. The van der Waals surface area contributed by atoms with E-state index < -0.39 is 21.7 Å². The number of carbonyl (C=O) groups is 2. The van der Waals surface area contributed by atoms with E-state index in [4.69, 9.17) is 0 Å². The molecule has 0 bridgehead atoms. The van der Waals surface area contributed by atoms with Gasteiger partial charge in [-0.05, 0) is 56.7 Å². The van der Waals surface area contributed by atoms with Crippen LogP contribution in [0.15, 0.2) is 63.9 Å². The van der Waals surface area contributed by atoms with Crippen molar-refractivity contribution in [2.24, 2.45) is 4.40 Å². The fourth-order valence-corrected chi connectivity index (χ4v) is 5.00. The van der Waals surface area contributed by atoms with Crippen LogP contribution in [0.1, 0.15) is 34.6 Å². The Labute approximate surface area is 198 Å². The van der Waals surface area contributed by atoms with E-state index in [1.54, 1.807) is 18.5 Å². The van der Waals surface area contributed by atoms with Crippen LogP contribution in [0.2, 0.25) is 0 Å². The molecule has 1 aliphatic rings. The molecular weight excluding hydrogens is 454 g/mol. The number of Topliss-reactive ketones (excluding diaryl/α,β-unsaturated/α-hetero) is 1. The molecule has 34 heavy (non-hydrogen) atoms. The van der Waals surface area contributed by atoms with Crippen LogP contribution in [-0.4, -0.2) is 54.2 Å². The molecule has 1 fully saturated rings. The highest BCUT2D eigenvalue weighted by Gasteiger charge is 2.25. The number of amides is 1. The molecule has 176 valence electrons. The van der Waals surface area contributed by atoms with Crippen molar-refractivity contribution in [2.45, 2.75) is 31.6 Å². The number of hydrogen-bond donors (Lipinski definition) is 1. The second kappa shape index (κ2) is 9.22. The van der Waals surface area contributed by atoms with Crippen molar-refractivity contribution in [3.05, 3.63) is 71.5 Å². The van der Waals surface area contributed by atoms with Gasteiger partial charge in [-0.1, -0.05) is 18.2 Å². The van der Waals surface area contributed by atoms with E-state index >= 15 is 0 Å². The fraction of sp³-hybridized carbons (Fsp3) is 0.250. The second-order valence-corrected chi connectivity index (χ2v) is 9.71. The van der Waals surface area contributed by atoms with Gasteiger partial charge in [0.15, 0.2) is 0 Å². The summed E-state index contributed by atoms with van der Waals surface area (Å²) in [6.45, 7) is 4.18. The highest BCUT2D eigenvalue weighted by molar-refractivity contribution is 7.90. The van der Waals surface area contributed by atoms with Gasteiger partial charge < -0.3 is 10.2 Å². The smallest absolute Gasteiger partial charge is 0.296 e. The van der Waals surface area contributed by atoms with Crippen molar-refractivity contribution in [2.75, 3.05) is 18.9 Å². The van der Waals surface area contributed by atoms with Gasteiger partial charge in [0.25, 0.3) is 21.7 Å². The topological polar surface area (TPSA) is 114 Å². The third-order valence-electron chi connectivity index (χ3n) is 5.70. The van der Waals surface area contributed by atoms with E-state index in [1.807, 2.05) is 42.3 Å². The van der Waals surface area contributed by atoms with Crippen LogP contribution in [0.3, 0.4) is 0 Å². The maximum absolute atomic E-state index is 12.9. The molecule has 10 heteroatoms. The van der Waals surface area contributed by atoms with Gasteiger partial charge in [0, 0.05) is 25.7 Å². The largest absolute Gasteiger partial charge is 0.362 e. The maximum Gasteiger partial charge on any atom is 0.296 e. The van der Waals surface area contributed by atoms with Gasteiger partial charge >= 0.3 is 0 Å². The number of hydrogen-bond acceptors (Lipinski definition) is 5. The van der Waals surface area contributed by atoms with Crippen LogP contribution in [-0.2, 0) is 14.8 Å². The molecule has 0 atom stereocenters. The number of ketones is 1.